The number of nitrogens with one attached hydrogen (secondary N) is 2. The Morgan fingerprint density at radius 2 is 1.62 bits per heavy atom. The number of carbonyl (C=O) groups is 3. The Labute approximate surface area is 226 Å². The van der Waals surface area contributed by atoms with Crippen molar-refractivity contribution in [2.75, 3.05) is 26.3 Å². The third-order valence-corrected chi connectivity index (χ3v) is 6.65. The van der Waals surface area contributed by atoms with E-state index in [9.17, 15) is 14.4 Å². The van der Waals surface area contributed by atoms with Gasteiger partial charge in [-0.25, -0.2) is 0 Å². The lowest BCUT2D eigenvalue weighted by molar-refractivity contribution is -0.147. The monoisotopic (exact) mass is 533 g/mol. The first-order chi connectivity index (χ1) is 18.0. The lowest BCUT2D eigenvalue weighted by atomic mass is 10.1. The van der Waals surface area contributed by atoms with Crippen molar-refractivity contribution in [3.05, 3.63) is 29.8 Å². The Hall–Kier alpha value is -2.68. The summed E-state index contributed by atoms with van der Waals surface area (Å²) in [6, 6.07) is 6.01. The van der Waals surface area contributed by atoms with Crippen LogP contribution in [0.3, 0.4) is 0 Å². The number of hydrogen-bond donors (Lipinski definition) is 2. The van der Waals surface area contributed by atoms with Crippen LogP contribution in [0.15, 0.2) is 24.3 Å². The molecule has 2 amide bonds. The second-order valence-corrected chi connectivity index (χ2v) is 9.77. The van der Waals surface area contributed by atoms with Crippen LogP contribution in [0.25, 0.3) is 0 Å². The maximum absolute atomic E-state index is 12.7. The van der Waals surface area contributed by atoms with Gasteiger partial charge in [0.2, 0.25) is 5.91 Å². The lowest BCUT2D eigenvalue weighted by Gasteiger charge is -2.36. The van der Waals surface area contributed by atoms with Gasteiger partial charge in [0, 0.05) is 18.7 Å². The molecule has 2 rings (SSSR count). The molecule has 0 spiro atoms. The van der Waals surface area contributed by atoms with Gasteiger partial charge in [0.1, 0.15) is 11.8 Å². The van der Waals surface area contributed by atoms with Crippen molar-refractivity contribution in [3.8, 4) is 5.75 Å². The van der Waals surface area contributed by atoms with E-state index >= 15 is 0 Å². The van der Waals surface area contributed by atoms with E-state index in [0.717, 1.165) is 32.1 Å². The molecule has 2 N–H and O–H groups in total. The van der Waals surface area contributed by atoms with E-state index in [1.165, 1.54) is 32.1 Å². The summed E-state index contributed by atoms with van der Waals surface area (Å²) in [5, 5.41) is 5.57. The van der Waals surface area contributed by atoms with E-state index in [4.69, 9.17) is 21.7 Å². The molecule has 1 saturated heterocycles. The maximum atomic E-state index is 12.7. The molecule has 1 aromatic rings. The van der Waals surface area contributed by atoms with E-state index in [2.05, 4.69) is 24.5 Å². The summed E-state index contributed by atoms with van der Waals surface area (Å²) in [7, 11) is 0. The summed E-state index contributed by atoms with van der Waals surface area (Å²) in [6.45, 7) is 6.05. The highest BCUT2D eigenvalue weighted by Gasteiger charge is 2.34. The Balaban J connectivity index is 1.78. The van der Waals surface area contributed by atoms with Gasteiger partial charge in [0.25, 0.3) is 5.91 Å². The molecule has 0 saturated carbocycles. The Morgan fingerprint density at radius 3 is 2.30 bits per heavy atom. The second kappa shape index (κ2) is 17.7. The zero-order valence-electron chi connectivity index (χ0n) is 22.4. The average Bonchev–Trinajstić information content (AvgIpc) is 2.89. The van der Waals surface area contributed by atoms with Crippen molar-refractivity contribution in [3.63, 3.8) is 0 Å². The van der Waals surface area contributed by atoms with E-state index in [1.54, 1.807) is 29.2 Å². The van der Waals surface area contributed by atoms with Crippen molar-refractivity contribution < 1.29 is 23.9 Å². The van der Waals surface area contributed by atoms with E-state index < -0.39 is 12.0 Å². The Bertz CT molecular complexity index is 862. The van der Waals surface area contributed by atoms with Crippen molar-refractivity contribution in [2.24, 2.45) is 0 Å². The fourth-order valence-corrected chi connectivity index (χ4v) is 4.39. The Morgan fingerprint density at radius 1 is 0.973 bits per heavy atom. The highest BCUT2D eigenvalue weighted by Crippen LogP contribution is 2.15. The molecule has 1 heterocycles. The average molecular weight is 534 g/mol. The van der Waals surface area contributed by atoms with Crippen molar-refractivity contribution in [2.45, 2.75) is 90.5 Å². The van der Waals surface area contributed by atoms with E-state index in [1.807, 2.05) is 0 Å². The van der Waals surface area contributed by atoms with Crippen LogP contribution in [-0.4, -0.2) is 60.1 Å². The molecule has 1 atom stereocenters. The van der Waals surface area contributed by atoms with E-state index in [0.29, 0.717) is 37.6 Å². The molecule has 8 nitrogen and oxygen atoms in total. The summed E-state index contributed by atoms with van der Waals surface area (Å²) < 4.78 is 11.0. The number of thiocarbonyl (C=S) groups is 1. The summed E-state index contributed by atoms with van der Waals surface area (Å²) >= 11 is 5.44. The van der Waals surface area contributed by atoms with Gasteiger partial charge in [-0.1, -0.05) is 65.2 Å². The van der Waals surface area contributed by atoms with Gasteiger partial charge in [-0.05, 0) is 49.3 Å². The fraction of sp³-hybridized carbons (Fsp3) is 0.643. The number of hydrogen-bond acceptors (Lipinski definition) is 6. The minimum absolute atomic E-state index is 0.115. The number of unbranched alkanes of at least 4 members (excludes halogenated alkanes) is 8. The molecule has 1 unspecified atom stereocenters. The molecule has 1 fully saturated rings. The molecular weight excluding hydrogens is 490 g/mol. The predicted octanol–water partition coefficient (Wildman–Crippen LogP) is 4.75. The third-order valence-electron chi connectivity index (χ3n) is 6.32. The summed E-state index contributed by atoms with van der Waals surface area (Å²) in [4.78, 5) is 39.3. The number of esters is 1. The number of ether oxygens (including phenoxy) is 2. The van der Waals surface area contributed by atoms with E-state index in [-0.39, 0.29) is 23.3 Å². The topological polar surface area (TPSA) is 97.0 Å². The second-order valence-electron chi connectivity index (χ2n) is 9.39. The smallest absolute Gasteiger partial charge is 0.308 e. The quantitative estimate of drug-likeness (QED) is 0.180. The molecule has 206 valence electrons. The molecule has 0 radical (unpaired) electrons. The summed E-state index contributed by atoms with van der Waals surface area (Å²) in [5.41, 5.74) is 0.424. The minimum Gasteiger partial charge on any atom is -0.494 e. The molecule has 1 aliphatic rings. The number of rotatable bonds is 16. The molecule has 1 aliphatic heterocycles. The van der Waals surface area contributed by atoms with Crippen molar-refractivity contribution in [1.29, 1.82) is 0 Å². The molecule has 1 aromatic carbocycles. The van der Waals surface area contributed by atoms with Crippen LogP contribution in [0, 0.1) is 0 Å². The Kier molecular flexibility index (Phi) is 14.6. The zero-order chi connectivity index (χ0) is 26.9. The van der Waals surface area contributed by atoms with Crippen molar-refractivity contribution >= 4 is 35.1 Å². The van der Waals surface area contributed by atoms with Crippen LogP contribution < -0.4 is 15.4 Å². The molecule has 0 aromatic heterocycles. The van der Waals surface area contributed by atoms with Gasteiger partial charge in [0.15, 0.2) is 5.11 Å². The van der Waals surface area contributed by atoms with Crippen LogP contribution in [0.5, 0.6) is 5.75 Å². The van der Waals surface area contributed by atoms with Crippen molar-refractivity contribution in [1.82, 2.24) is 15.5 Å². The highest BCUT2D eigenvalue weighted by atomic mass is 32.1. The van der Waals surface area contributed by atoms with Gasteiger partial charge in [-0.2, -0.15) is 0 Å². The highest BCUT2D eigenvalue weighted by molar-refractivity contribution is 7.80. The lowest BCUT2D eigenvalue weighted by Crippen LogP contribution is -2.60. The van der Waals surface area contributed by atoms with Crippen LogP contribution in [-0.2, 0) is 14.3 Å². The normalized spacial score (nSPS) is 15.1. The van der Waals surface area contributed by atoms with Gasteiger partial charge >= 0.3 is 5.97 Å². The van der Waals surface area contributed by atoms with Crippen LogP contribution >= 0.6 is 12.2 Å². The maximum Gasteiger partial charge on any atom is 0.308 e. The first kappa shape index (κ1) is 30.5. The number of piperazine rings is 1. The molecule has 0 bridgehead atoms. The van der Waals surface area contributed by atoms with Gasteiger partial charge < -0.3 is 19.7 Å². The van der Waals surface area contributed by atoms with Crippen LogP contribution in [0.4, 0.5) is 0 Å². The summed E-state index contributed by atoms with van der Waals surface area (Å²) in [5.74, 6) is -0.429. The van der Waals surface area contributed by atoms with Crippen LogP contribution in [0.1, 0.15) is 94.8 Å². The largest absolute Gasteiger partial charge is 0.494 e. The van der Waals surface area contributed by atoms with Gasteiger partial charge in [-0.3, -0.25) is 19.7 Å². The summed E-state index contributed by atoms with van der Waals surface area (Å²) in [6.07, 6.45) is 11.2. The zero-order valence-corrected chi connectivity index (χ0v) is 23.2. The molecule has 9 heteroatoms. The number of carbonyl (C=O) groups excluding carboxylic acids is 3. The SMILES string of the molecule is CCCCCCCCCCOC(=O)CC1C(=O)NCCN1C(=S)NC(=O)c1ccc(OCCCC)cc1. The first-order valence-corrected chi connectivity index (χ1v) is 14.1. The number of amides is 2. The molecule has 0 aliphatic carbocycles. The first-order valence-electron chi connectivity index (χ1n) is 13.7. The fourth-order valence-electron chi connectivity index (χ4n) is 4.08. The van der Waals surface area contributed by atoms with Gasteiger partial charge in [-0.15, -0.1) is 0 Å². The molecular formula is C28H43N3O5S. The van der Waals surface area contributed by atoms with Gasteiger partial charge in [0.05, 0.1) is 19.6 Å². The number of benzene rings is 1. The molecule has 37 heavy (non-hydrogen) atoms. The standard InChI is InChI=1S/C28H43N3O5S/c1-3-5-7-8-9-10-11-12-20-36-25(32)21-24-27(34)29-17-18-31(24)28(37)30-26(33)22-13-15-23(16-14-22)35-19-6-4-2/h13-16,24H,3-12,17-21H2,1-2H3,(H,29,34)(H,30,33,37). The number of nitrogens with zero attached hydrogens (tertiary/aromatic N) is 1. The minimum atomic E-state index is -0.818. The van der Waals surface area contributed by atoms with Crippen LogP contribution in [0.2, 0.25) is 0 Å². The predicted molar refractivity (Wildman–Crippen MR) is 149 cm³/mol. The third kappa shape index (κ3) is 11.5.